The molecule has 1 aliphatic rings. The largest absolute Gasteiger partial charge is 0.379 e. The van der Waals surface area contributed by atoms with Crippen molar-refractivity contribution in [3.8, 4) is 11.1 Å². The Morgan fingerprint density at radius 1 is 1.06 bits per heavy atom. The van der Waals surface area contributed by atoms with E-state index >= 15 is 0 Å². The molecule has 0 bridgehead atoms. The maximum atomic E-state index is 13.7. The molecule has 1 fully saturated rings. The van der Waals surface area contributed by atoms with Gasteiger partial charge >= 0.3 is 0 Å². The molecule has 34 heavy (non-hydrogen) atoms. The maximum Gasteiger partial charge on any atom is 0.283 e. The minimum absolute atomic E-state index is 0.140. The number of fused-ring (bicyclic) bond motifs is 4. The van der Waals surface area contributed by atoms with Crippen molar-refractivity contribution in [2.75, 3.05) is 44.7 Å². The fraction of sp³-hybridized carbons (Fsp3) is 0.269. The van der Waals surface area contributed by atoms with Gasteiger partial charge in [-0.15, -0.1) is 16.4 Å². The lowest BCUT2D eigenvalue weighted by Crippen LogP contribution is -2.39. The van der Waals surface area contributed by atoms with Crippen LogP contribution in [0, 0.1) is 6.92 Å². The van der Waals surface area contributed by atoms with Crippen molar-refractivity contribution in [1.82, 2.24) is 19.5 Å². The maximum absolute atomic E-state index is 13.7. The van der Waals surface area contributed by atoms with Crippen LogP contribution in [0.1, 0.15) is 5.56 Å². The third kappa shape index (κ3) is 3.73. The van der Waals surface area contributed by atoms with Gasteiger partial charge in [-0.05, 0) is 12.5 Å². The van der Waals surface area contributed by atoms with E-state index in [9.17, 15) is 4.79 Å². The number of hydrogen-bond donors (Lipinski definition) is 1. The standard InChI is InChI=1S/C26H25N5O2S/c1-17-6-8-18(9-7-17)21-16-34-25-22(21)26(32)31-24(28-25)20-5-3-2-4-19(20)23(29-31)27-10-11-30-12-14-33-15-13-30/h2-9,16H,10-15H2,1H3,(H,27,29). The molecule has 6 rings (SSSR count). The Morgan fingerprint density at radius 2 is 1.82 bits per heavy atom. The summed E-state index contributed by atoms with van der Waals surface area (Å²) in [5, 5.41) is 12.7. The van der Waals surface area contributed by atoms with Crippen molar-refractivity contribution >= 4 is 43.8 Å². The van der Waals surface area contributed by atoms with Crippen LogP contribution >= 0.6 is 11.3 Å². The van der Waals surface area contributed by atoms with Gasteiger partial charge in [-0.1, -0.05) is 54.1 Å². The van der Waals surface area contributed by atoms with Crippen LogP contribution in [0.2, 0.25) is 0 Å². The number of benzene rings is 2. The van der Waals surface area contributed by atoms with E-state index in [4.69, 9.17) is 14.8 Å². The predicted molar refractivity (Wildman–Crippen MR) is 138 cm³/mol. The lowest BCUT2D eigenvalue weighted by Gasteiger charge is -2.26. The van der Waals surface area contributed by atoms with Crippen LogP contribution in [-0.2, 0) is 4.74 Å². The zero-order valence-corrected chi connectivity index (χ0v) is 19.8. The van der Waals surface area contributed by atoms with Gasteiger partial charge in [0.1, 0.15) is 4.83 Å². The van der Waals surface area contributed by atoms with Crippen LogP contribution in [0.5, 0.6) is 0 Å². The Hall–Kier alpha value is -3.33. The topological polar surface area (TPSA) is 71.8 Å². The van der Waals surface area contributed by atoms with E-state index < -0.39 is 0 Å². The fourth-order valence-corrected chi connectivity index (χ4v) is 5.46. The van der Waals surface area contributed by atoms with E-state index in [1.807, 2.05) is 29.6 Å². The van der Waals surface area contributed by atoms with Gasteiger partial charge in [-0.3, -0.25) is 9.69 Å². The Labute approximate surface area is 200 Å². The predicted octanol–water partition coefficient (Wildman–Crippen LogP) is 4.18. The molecule has 0 aliphatic carbocycles. The van der Waals surface area contributed by atoms with Crippen LogP contribution in [0.25, 0.3) is 37.8 Å². The average molecular weight is 472 g/mol. The van der Waals surface area contributed by atoms with Crippen LogP contribution in [-0.4, -0.2) is 58.9 Å². The number of anilines is 1. The molecule has 0 atom stereocenters. The summed E-state index contributed by atoms with van der Waals surface area (Å²) in [7, 11) is 0. The van der Waals surface area contributed by atoms with Gasteiger partial charge < -0.3 is 10.1 Å². The van der Waals surface area contributed by atoms with Gasteiger partial charge in [0, 0.05) is 47.9 Å². The molecular formula is C26H25N5O2S. The number of nitrogens with one attached hydrogen (secondary N) is 1. The summed E-state index contributed by atoms with van der Waals surface area (Å²) < 4.78 is 6.91. The number of morpholine rings is 1. The summed E-state index contributed by atoms with van der Waals surface area (Å²) in [6, 6.07) is 16.2. The third-order valence-electron chi connectivity index (χ3n) is 6.40. The second kappa shape index (κ2) is 8.79. The lowest BCUT2D eigenvalue weighted by molar-refractivity contribution is 0.0398. The first-order valence-corrected chi connectivity index (χ1v) is 12.4. The Morgan fingerprint density at radius 3 is 2.62 bits per heavy atom. The highest BCUT2D eigenvalue weighted by atomic mass is 32.1. The SMILES string of the molecule is Cc1ccc(-c2csc3nc4c5ccccc5c(NCCN5CCOCC5)nn4c(=O)c23)cc1. The molecule has 7 nitrogen and oxygen atoms in total. The zero-order chi connectivity index (χ0) is 23.1. The number of thiophene rings is 1. The average Bonchev–Trinajstić information content (AvgIpc) is 3.30. The van der Waals surface area contributed by atoms with E-state index in [1.165, 1.54) is 21.4 Å². The summed E-state index contributed by atoms with van der Waals surface area (Å²) in [6.07, 6.45) is 0. The van der Waals surface area contributed by atoms with Crippen molar-refractivity contribution in [2.45, 2.75) is 6.92 Å². The molecule has 2 aromatic carbocycles. The fourth-order valence-electron chi connectivity index (χ4n) is 4.52. The number of nitrogens with zero attached hydrogens (tertiary/aromatic N) is 4. The lowest BCUT2D eigenvalue weighted by atomic mass is 10.1. The molecular weight excluding hydrogens is 446 g/mol. The molecule has 0 amide bonds. The molecule has 0 unspecified atom stereocenters. The summed E-state index contributed by atoms with van der Waals surface area (Å²) in [6.45, 7) is 7.12. The monoisotopic (exact) mass is 471 g/mol. The molecule has 0 saturated carbocycles. The first-order chi connectivity index (χ1) is 16.7. The van der Waals surface area contributed by atoms with Gasteiger partial charge in [0.15, 0.2) is 11.5 Å². The van der Waals surface area contributed by atoms with Crippen molar-refractivity contribution < 1.29 is 4.74 Å². The van der Waals surface area contributed by atoms with Crippen molar-refractivity contribution in [3.63, 3.8) is 0 Å². The second-order valence-electron chi connectivity index (χ2n) is 8.62. The number of hydrogen-bond acceptors (Lipinski definition) is 7. The van der Waals surface area contributed by atoms with Gasteiger partial charge in [0.25, 0.3) is 5.56 Å². The third-order valence-corrected chi connectivity index (χ3v) is 7.27. The molecule has 0 radical (unpaired) electrons. The van der Waals surface area contributed by atoms with Crippen LogP contribution in [0.4, 0.5) is 5.82 Å². The Bertz CT molecular complexity index is 1550. The highest BCUT2D eigenvalue weighted by Gasteiger charge is 2.18. The van der Waals surface area contributed by atoms with E-state index in [2.05, 4.69) is 41.4 Å². The van der Waals surface area contributed by atoms with E-state index in [1.54, 1.807) is 0 Å². The molecule has 1 aliphatic heterocycles. The number of rotatable bonds is 5. The molecule has 5 aromatic rings. The first kappa shape index (κ1) is 21.2. The summed E-state index contributed by atoms with van der Waals surface area (Å²) in [5.41, 5.74) is 3.55. The highest BCUT2D eigenvalue weighted by molar-refractivity contribution is 7.17. The Balaban J connectivity index is 1.46. The minimum atomic E-state index is -0.140. The quantitative estimate of drug-likeness (QED) is 0.388. The minimum Gasteiger partial charge on any atom is -0.379 e. The van der Waals surface area contributed by atoms with E-state index in [0.717, 1.165) is 66.1 Å². The summed E-state index contributed by atoms with van der Waals surface area (Å²) in [4.78, 5) is 21.7. The molecule has 3 aromatic heterocycles. The van der Waals surface area contributed by atoms with Crippen LogP contribution in [0.3, 0.4) is 0 Å². The van der Waals surface area contributed by atoms with Crippen molar-refractivity contribution in [3.05, 3.63) is 69.8 Å². The van der Waals surface area contributed by atoms with E-state index in [-0.39, 0.29) is 5.56 Å². The zero-order valence-electron chi connectivity index (χ0n) is 19.0. The normalized spacial score (nSPS) is 14.9. The molecule has 8 heteroatoms. The highest BCUT2D eigenvalue weighted by Crippen LogP contribution is 2.32. The molecule has 1 saturated heterocycles. The molecule has 4 heterocycles. The number of ether oxygens (including phenoxy) is 1. The van der Waals surface area contributed by atoms with Gasteiger partial charge in [-0.2, -0.15) is 4.52 Å². The Kier molecular flexibility index (Phi) is 5.49. The summed E-state index contributed by atoms with van der Waals surface area (Å²) in [5.74, 6) is 0.701. The smallest absolute Gasteiger partial charge is 0.283 e. The molecule has 0 spiro atoms. The van der Waals surface area contributed by atoms with Gasteiger partial charge in [0.05, 0.1) is 18.6 Å². The van der Waals surface area contributed by atoms with Crippen LogP contribution < -0.4 is 10.9 Å². The second-order valence-corrected chi connectivity index (χ2v) is 9.48. The number of aromatic nitrogens is 3. The molecule has 172 valence electrons. The summed E-state index contributed by atoms with van der Waals surface area (Å²) >= 11 is 1.50. The van der Waals surface area contributed by atoms with Crippen LogP contribution in [0.15, 0.2) is 58.7 Å². The van der Waals surface area contributed by atoms with Gasteiger partial charge in [0.2, 0.25) is 0 Å². The van der Waals surface area contributed by atoms with E-state index in [0.29, 0.717) is 16.9 Å². The van der Waals surface area contributed by atoms with Crippen molar-refractivity contribution in [2.24, 2.45) is 0 Å². The van der Waals surface area contributed by atoms with Crippen molar-refractivity contribution in [1.29, 1.82) is 0 Å². The van der Waals surface area contributed by atoms with Gasteiger partial charge in [-0.25, -0.2) is 4.98 Å². The molecule has 1 N–H and O–H groups in total. The number of aryl methyl sites for hydroxylation is 1. The first-order valence-electron chi connectivity index (χ1n) is 11.5.